The van der Waals surface area contributed by atoms with Gasteiger partial charge in [-0.15, -0.1) is 0 Å². The summed E-state index contributed by atoms with van der Waals surface area (Å²) in [5.74, 6) is -0.526. The molecule has 0 unspecified atom stereocenters. The molecule has 27 heavy (non-hydrogen) atoms. The molecular weight excluding hydrogens is 391 g/mol. The van der Waals surface area contributed by atoms with E-state index in [2.05, 4.69) is 15.7 Å². The topological polar surface area (TPSA) is 85.2 Å². The van der Waals surface area contributed by atoms with Crippen molar-refractivity contribution in [3.63, 3.8) is 0 Å². The summed E-state index contributed by atoms with van der Waals surface area (Å²) in [4.78, 5) is 24.5. The van der Waals surface area contributed by atoms with Crippen LogP contribution in [-0.4, -0.2) is 28.4 Å². The van der Waals surface area contributed by atoms with Gasteiger partial charge >= 0.3 is 12.0 Å². The van der Waals surface area contributed by atoms with Crippen LogP contribution in [0, 0.1) is 6.92 Å². The number of rotatable bonds is 4. The first-order valence-corrected chi connectivity index (χ1v) is 9.05. The zero-order chi connectivity index (χ0) is 19.7. The van der Waals surface area contributed by atoms with Gasteiger partial charge in [0.05, 0.1) is 29.6 Å². The van der Waals surface area contributed by atoms with E-state index < -0.39 is 18.0 Å². The van der Waals surface area contributed by atoms with Crippen LogP contribution in [0.2, 0.25) is 10.2 Å². The second kappa shape index (κ2) is 7.62. The molecule has 2 aromatic rings. The first-order valence-electron chi connectivity index (χ1n) is 8.29. The monoisotopic (exact) mass is 408 g/mol. The summed E-state index contributed by atoms with van der Waals surface area (Å²) in [6.45, 7) is 5.34. The lowest BCUT2D eigenvalue weighted by atomic mass is 9.96. The van der Waals surface area contributed by atoms with Crippen molar-refractivity contribution in [2.24, 2.45) is 0 Å². The van der Waals surface area contributed by atoms with Crippen molar-refractivity contribution < 1.29 is 14.3 Å². The molecule has 0 spiro atoms. The van der Waals surface area contributed by atoms with Gasteiger partial charge in [-0.1, -0.05) is 23.2 Å². The smallest absolute Gasteiger partial charge is 0.338 e. The van der Waals surface area contributed by atoms with Crippen molar-refractivity contribution in [2.75, 3.05) is 6.61 Å². The number of allylic oxidation sites excluding steroid dienone is 1. The van der Waals surface area contributed by atoms with E-state index in [0.717, 1.165) is 0 Å². The lowest BCUT2D eigenvalue weighted by Crippen LogP contribution is -2.45. The minimum Gasteiger partial charge on any atom is -0.463 e. The zero-order valence-corrected chi connectivity index (χ0v) is 16.5. The van der Waals surface area contributed by atoms with E-state index in [4.69, 9.17) is 27.9 Å². The van der Waals surface area contributed by atoms with Crippen LogP contribution in [0.4, 0.5) is 4.79 Å². The highest BCUT2D eigenvalue weighted by Gasteiger charge is 2.36. The number of halogens is 2. The number of ether oxygens (including phenoxy) is 1. The number of benzene rings is 1. The highest BCUT2D eigenvalue weighted by molar-refractivity contribution is 6.31. The molecule has 1 atom stereocenters. The molecule has 7 nitrogen and oxygen atoms in total. The van der Waals surface area contributed by atoms with Crippen LogP contribution in [0.1, 0.15) is 31.1 Å². The van der Waals surface area contributed by atoms with Gasteiger partial charge in [0, 0.05) is 16.3 Å². The van der Waals surface area contributed by atoms with Gasteiger partial charge in [0.15, 0.2) is 0 Å². The molecule has 0 bridgehead atoms. The van der Waals surface area contributed by atoms with E-state index in [1.54, 1.807) is 45.0 Å². The lowest BCUT2D eigenvalue weighted by molar-refractivity contribution is -0.139. The third kappa shape index (κ3) is 3.65. The molecule has 0 aliphatic carbocycles. The molecule has 2 N–H and O–H groups in total. The average Bonchev–Trinajstić information content (AvgIpc) is 2.89. The van der Waals surface area contributed by atoms with Crippen molar-refractivity contribution in [1.29, 1.82) is 0 Å². The van der Waals surface area contributed by atoms with Crippen LogP contribution in [0.15, 0.2) is 35.5 Å². The van der Waals surface area contributed by atoms with Gasteiger partial charge in [-0.2, -0.15) is 5.10 Å². The molecule has 0 fully saturated rings. The largest absolute Gasteiger partial charge is 0.463 e. The van der Waals surface area contributed by atoms with Crippen LogP contribution >= 0.6 is 23.2 Å². The fourth-order valence-corrected chi connectivity index (χ4v) is 3.49. The maximum absolute atomic E-state index is 12.5. The van der Waals surface area contributed by atoms with E-state index in [-0.39, 0.29) is 17.3 Å². The number of carbonyl (C=O) groups excluding carboxylic acids is 2. The van der Waals surface area contributed by atoms with Crippen LogP contribution in [-0.2, 0) is 9.53 Å². The normalized spacial score (nSPS) is 16.8. The fourth-order valence-electron chi connectivity index (χ4n) is 2.98. The Hall–Kier alpha value is -2.51. The predicted molar refractivity (Wildman–Crippen MR) is 102 cm³/mol. The van der Waals surface area contributed by atoms with Crippen molar-refractivity contribution in [3.05, 3.63) is 57.0 Å². The fraction of sp³-hybridized carbons (Fsp3) is 0.278. The number of nitrogens with one attached hydrogen (secondary N) is 2. The van der Waals surface area contributed by atoms with E-state index in [9.17, 15) is 9.59 Å². The van der Waals surface area contributed by atoms with Crippen LogP contribution in [0.5, 0.6) is 0 Å². The molecule has 3 rings (SSSR count). The lowest BCUT2D eigenvalue weighted by Gasteiger charge is -2.27. The highest BCUT2D eigenvalue weighted by atomic mass is 35.5. The van der Waals surface area contributed by atoms with Crippen LogP contribution in [0.3, 0.4) is 0 Å². The summed E-state index contributed by atoms with van der Waals surface area (Å²) in [5.41, 5.74) is 2.52. The van der Waals surface area contributed by atoms with E-state index >= 15 is 0 Å². The maximum atomic E-state index is 12.5. The Kier molecular flexibility index (Phi) is 5.43. The van der Waals surface area contributed by atoms with Gasteiger partial charge in [-0.25, -0.2) is 14.3 Å². The molecule has 0 saturated heterocycles. The molecule has 1 aliphatic rings. The molecule has 142 valence electrons. The SMILES string of the molecule is CCOC(=O)C1=C(C)NC(=O)N[C@H]1c1c(C)nn(-c2ccc(Cl)cc2)c1Cl. The van der Waals surface area contributed by atoms with Gasteiger partial charge in [0.1, 0.15) is 5.15 Å². The number of aromatic nitrogens is 2. The number of nitrogens with zero attached hydrogens (tertiary/aromatic N) is 2. The molecule has 1 aromatic heterocycles. The van der Waals surface area contributed by atoms with Gasteiger partial charge in [0.25, 0.3) is 0 Å². The Bertz CT molecular complexity index is 935. The predicted octanol–water partition coefficient (Wildman–Crippen LogP) is 3.68. The minimum absolute atomic E-state index is 0.215. The summed E-state index contributed by atoms with van der Waals surface area (Å²) in [5, 5.41) is 10.7. The first-order chi connectivity index (χ1) is 12.8. The minimum atomic E-state index is -0.772. The number of urea groups is 1. The second-order valence-corrected chi connectivity index (χ2v) is 6.76. The molecule has 1 aliphatic heterocycles. The summed E-state index contributed by atoms with van der Waals surface area (Å²) < 4.78 is 6.69. The Labute approximate surface area is 166 Å². The molecule has 2 heterocycles. The number of carbonyl (C=O) groups is 2. The second-order valence-electron chi connectivity index (χ2n) is 5.97. The van der Waals surface area contributed by atoms with Crippen molar-refractivity contribution in [3.8, 4) is 5.69 Å². The zero-order valence-electron chi connectivity index (χ0n) is 15.0. The molecule has 1 aromatic carbocycles. The van der Waals surface area contributed by atoms with Crippen LogP contribution in [0.25, 0.3) is 5.69 Å². The Balaban J connectivity index is 2.11. The van der Waals surface area contributed by atoms with Crippen molar-refractivity contribution >= 4 is 35.2 Å². The summed E-state index contributed by atoms with van der Waals surface area (Å²) in [6.07, 6.45) is 0. The molecule has 0 saturated carbocycles. The first kappa shape index (κ1) is 19.3. The number of hydrogen-bond donors (Lipinski definition) is 2. The van der Waals surface area contributed by atoms with E-state index in [0.29, 0.717) is 27.7 Å². The summed E-state index contributed by atoms with van der Waals surface area (Å²) in [7, 11) is 0. The molecule has 9 heteroatoms. The maximum Gasteiger partial charge on any atom is 0.338 e. The van der Waals surface area contributed by atoms with E-state index in [1.807, 2.05) is 0 Å². The number of aryl methyl sites for hydroxylation is 1. The van der Waals surface area contributed by atoms with Gasteiger partial charge in [-0.3, -0.25) is 0 Å². The van der Waals surface area contributed by atoms with E-state index in [1.165, 1.54) is 4.68 Å². The Morgan fingerprint density at radius 1 is 1.26 bits per heavy atom. The Morgan fingerprint density at radius 2 is 1.93 bits per heavy atom. The quantitative estimate of drug-likeness (QED) is 0.755. The van der Waals surface area contributed by atoms with Gasteiger partial charge in [-0.05, 0) is 45.0 Å². The van der Waals surface area contributed by atoms with Crippen LogP contribution < -0.4 is 10.6 Å². The summed E-state index contributed by atoms with van der Waals surface area (Å²) in [6, 6.07) is 5.80. The number of esters is 1. The molecule has 2 amide bonds. The third-order valence-corrected chi connectivity index (χ3v) is 4.79. The van der Waals surface area contributed by atoms with Crippen molar-refractivity contribution in [2.45, 2.75) is 26.8 Å². The number of hydrogen-bond acceptors (Lipinski definition) is 4. The van der Waals surface area contributed by atoms with Crippen molar-refractivity contribution in [1.82, 2.24) is 20.4 Å². The highest BCUT2D eigenvalue weighted by Crippen LogP contribution is 2.35. The van der Waals surface area contributed by atoms with Gasteiger partial charge in [0.2, 0.25) is 0 Å². The summed E-state index contributed by atoms with van der Waals surface area (Å²) >= 11 is 12.5. The van der Waals surface area contributed by atoms with Gasteiger partial charge < -0.3 is 15.4 Å². The molecule has 0 radical (unpaired) electrons. The third-order valence-electron chi connectivity index (χ3n) is 4.17. The number of amides is 2. The standard InChI is InChI=1S/C18H18Cl2N4O3/c1-4-27-17(25)14-9(2)21-18(26)22-15(14)13-10(3)23-24(16(13)20)12-7-5-11(19)6-8-12/h5-8,15H,4H2,1-3H3,(H2,21,22,26)/t15-/m0/s1. The average molecular weight is 409 g/mol. The molecular formula is C18H18Cl2N4O3. The Morgan fingerprint density at radius 3 is 2.56 bits per heavy atom.